The Bertz CT molecular complexity index is 362. The maximum Gasteiger partial charge on any atom is 0.255 e. The summed E-state index contributed by atoms with van der Waals surface area (Å²) in [6.07, 6.45) is 5.71. The summed E-state index contributed by atoms with van der Waals surface area (Å²) in [6, 6.07) is 0. The summed E-state index contributed by atoms with van der Waals surface area (Å²) in [5, 5.41) is 4.04. The first-order valence-corrected chi connectivity index (χ1v) is 6.06. The van der Waals surface area contributed by atoms with Crippen LogP contribution < -0.4 is 5.73 Å². The molecule has 0 amide bonds. The van der Waals surface area contributed by atoms with Crippen LogP contribution in [0.4, 0.5) is 0 Å². The number of hydrogen-bond acceptors (Lipinski definition) is 5. The Balaban J connectivity index is 1.68. The molecule has 0 aromatic carbocycles. The Labute approximate surface area is 94.3 Å². The lowest BCUT2D eigenvalue weighted by Gasteiger charge is -2.21. The molecule has 0 bridgehead atoms. The van der Waals surface area contributed by atoms with Gasteiger partial charge in [0.05, 0.1) is 6.10 Å². The van der Waals surface area contributed by atoms with E-state index in [4.69, 9.17) is 15.0 Å². The van der Waals surface area contributed by atoms with E-state index in [-0.39, 0.29) is 12.2 Å². The summed E-state index contributed by atoms with van der Waals surface area (Å²) >= 11 is 0. The van der Waals surface area contributed by atoms with Crippen LogP contribution in [0.5, 0.6) is 0 Å². The summed E-state index contributed by atoms with van der Waals surface area (Å²) in [4.78, 5) is 4.44. The molecule has 5 nitrogen and oxygen atoms in total. The van der Waals surface area contributed by atoms with Gasteiger partial charge in [0.1, 0.15) is 6.10 Å². The molecule has 2 fully saturated rings. The maximum atomic E-state index is 5.72. The topological polar surface area (TPSA) is 74.2 Å². The molecule has 16 heavy (non-hydrogen) atoms. The SMILES string of the molecule is NCC1CCC(c2nc(C3CCC3)no2)O1. The van der Waals surface area contributed by atoms with Gasteiger partial charge in [0.15, 0.2) is 5.82 Å². The summed E-state index contributed by atoms with van der Waals surface area (Å²) < 4.78 is 11.0. The molecular formula is C11H17N3O2. The van der Waals surface area contributed by atoms with Crippen LogP contribution in [0.15, 0.2) is 4.52 Å². The molecule has 1 aliphatic carbocycles. The predicted molar refractivity (Wildman–Crippen MR) is 56.8 cm³/mol. The third-order valence-corrected chi connectivity index (χ3v) is 3.57. The van der Waals surface area contributed by atoms with E-state index < -0.39 is 0 Å². The van der Waals surface area contributed by atoms with E-state index in [2.05, 4.69) is 10.1 Å². The smallest absolute Gasteiger partial charge is 0.255 e. The van der Waals surface area contributed by atoms with E-state index >= 15 is 0 Å². The van der Waals surface area contributed by atoms with Gasteiger partial charge in [-0.25, -0.2) is 0 Å². The minimum absolute atomic E-state index is 0.0325. The molecule has 2 unspecified atom stereocenters. The molecule has 88 valence electrons. The van der Waals surface area contributed by atoms with Crippen molar-refractivity contribution in [3.05, 3.63) is 11.7 Å². The Morgan fingerprint density at radius 2 is 2.12 bits per heavy atom. The monoisotopic (exact) mass is 223 g/mol. The molecule has 2 atom stereocenters. The van der Waals surface area contributed by atoms with Crippen molar-refractivity contribution >= 4 is 0 Å². The lowest BCUT2D eigenvalue weighted by molar-refractivity contribution is 0.0307. The van der Waals surface area contributed by atoms with Crippen molar-refractivity contribution in [3.8, 4) is 0 Å². The first-order valence-electron chi connectivity index (χ1n) is 6.06. The Hall–Kier alpha value is -0.940. The minimum atomic E-state index is -0.0325. The minimum Gasteiger partial charge on any atom is -0.364 e. The highest BCUT2D eigenvalue weighted by Crippen LogP contribution is 2.36. The fraction of sp³-hybridized carbons (Fsp3) is 0.818. The van der Waals surface area contributed by atoms with Crippen molar-refractivity contribution in [1.29, 1.82) is 0 Å². The van der Waals surface area contributed by atoms with E-state index in [1.54, 1.807) is 0 Å². The number of ether oxygens (including phenoxy) is 1. The van der Waals surface area contributed by atoms with E-state index in [1.165, 1.54) is 19.3 Å². The van der Waals surface area contributed by atoms with Crippen LogP contribution in [0.25, 0.3) is 0 Å². The van der Waals surface area contributed by atoms with Gasteiger partial charge in [0.25, 0.3) is 5.89 Å². The molecule has 2 N–H and O–H groups in total. The maximum absolute atomic E-state index is 5.72. The number of hydrogen-bond donors (Lipinski definition) is 1. The first-order chi connectivity index (χ1) is 7.86. The average molecular weight is 223 g/mol. The van der Waals surface area contributed by atoms with Gasteiger partial charge < -0.3 is 15.0 Å². The van der Waals surface area contributed by atoms with Gasteiger partial charge in [0.2, 0.25) is 0 Å². The number of rotatable bonds is 3. The molecule has 2 heterocycles. The average Bonchev–Trinajstić information content (AvgIpc) is 2.81. The van der Waals surface area contributed by atoms with Crippen molar-refractivity contribution in [3.63, 3.8) is 0 Å². The summed E-state index contributed by atoms with van der Waals surface area (Å²) in [6.45, 7) is 0.570. The van der Waals surface area contributed by atoms with Gasteiger partial charge in [-0.1, -0.05) is 11.6 Å². The molecule has 5 heteroatoms. The van der Waals surface area contributed by atoms with E-state index in [0.29, 0.717) is 18.4 Å². The van der Waals surface area contributed by atoms with Gasteiger partial charge in [-0.15, -0.1) is 0 Å². The molecule has 0 radical (unpaired) electrons. The zero-order valence-corrected chi connectivity index (χ0v) is 9.26. The second-order valence-corrected chi connectivity index (χ2v) is 4.68. The van der Waals surface area contributed by atoms with Crippen LogP contribution in [0.2, 0.25) is 0 Å². The molecule has 3 rings (SSSR count). The van der Waals surface area contributed by atoms with Crippen molar-refractivity contribution in [2.75, 3.05) is 6.54 Å². The van der Waals surface area contributed by atoms with E-state index in [1.807, 2.05) is 0 Å². The van der Waals surface area contributed by atoms with Gasteiger partial charge >= 0.3 is 0 Å². The van der Waals surface area contributed by atoms with Crippen molar-refractivity contribution in [2.45, 2.75) is 50.2 Å². The van der Waals surface area contributed by atoms with Crippen LogP contribution in [0.1, 0.15) is 55.8 Å². The van der Waals surface area contributed by atoms with Crippen LogP contribution in [-0.4, -0.2) is 22.8 Å². The third-order valence-electron chi connectivity index (χ3n) is 3.57. The first kappa shape index (κ1) is 10.2. The number of nitrogens with zero attached hydrogens (tertiary/aromatic N) is 2. The molecule has 0 spiro atoms. The third kappa shape index (κ3) is 1.74. The molecule has 1 aliphatic heterocycles. The number of aromatic nitrogens is 2. The molecule has 1 saturated carbocycles. The van der Waals surface area contributed by atoms with Gasteiger partial charge in [-0.3, -0.25) is 0 Å². The van der Waals surface area contributed by atoms with E-state index in [9.17, 15) is 0 Å². The lowest BCUT2D eigenvalue weighted by Crippen LogP contribution is -2.18. The lowest BCUT2D eigenvalue weighted by atomic mass is 9.85. The summed E-state index contributed by atoms with van der Waals surface area (Å²) in [5.41, 5.74) is 5.57. The fourth-order valence-corrected chi connectivity index (χ4v) is 2.27. The van der Waals surface area contributed by atoms with E-state index in [0.717, 1.165) is 18.7 Å². The highest BCUT2D eigenvalue weighted by molar-refractivity contribution is 5.01. The molecule has 1 aromatic rings. The van der Waals surface area contributed by atoms with Crippen LogP contribution >= 0.6 is 0 Å². The van der Waals surface area contributed by atoms with Crippen LogP contribution in [-0.2, 0) is 4.74 Å². The summed E-state index contributed by atoms with van der Waals surface area (Å²) in [7, 11) is 0. The van der Waals surface area contributed by atoms with Crippen LogP contribution in [0.3, 0.4) is 0 Å². The van der Waals surface area contributed by atoms with Gasteiger partial charge in [-0.05, 0) is 25.7 Å². The molecular weight excluding hydrogens is 206 g/mol. The molecule has 1 saturated heterocycles. The number of nitrogens with two attached hydrogens (primary N) is 1. The van der Waals surface area contributed by atoms with Crippen molar-refractivity contribution in [1.82, 2.24) is 10.1 Å². The Morgan fingerprint density at radius 3 is 2.75 bits per heavy atom. The molecule has 2 aliphatic rings. The zero-order chi connectivity index (χ0) is 11.0. The Morgan fingerprint density at radius 1 is 1.25 bits per heavy atom. The summed E-state index contributed by atoms with van der Waals surface area (Å²) in [5.74, 6) is 2.02. The highest BCUT2D eigenvalue weighted by Gasteiger charge is 2.31. The standard InChI is InChI=1S/C11H17N3O2/c12-6-8-4-5-9(15-8)11-13-10(14-16-11)7-2-1-3-7/h7-9H,1-6,12H2. The van der Waals surface area contributed by atoms with Gasteiger partial charge in [0, 0.05) is 12.5 Å². The quantitative estimate of drug-likeness (QED) is 0.840. The Kier molecular flexibility index (Phi) is 2.65. The van der Waals surface area contributed by atoms with Gasteiger partial charge in [-0.2, -0.15) is 4.98 Å². The second-order valence-electron chi connectivity index (χ2n) is 4.68. The largest absolute Gasteiger partial charge is 0.364 e. The fourth-order valence-electron chi connectivity index (χ4n) is 2.27. The predicted octanol–water partition coefficient (Wildman–Crippen LogP) is 1.52. The zero-order valence-electron chi connectivity index (χ0n) is 9.26. The second kappa shape index (κ2) is 4.14. The van der Waals surface area contributed by atoms with Crippen molar-refractivity contribution < 1.29 is 9.26 Å². The normalized spacial score (nSPS) is 30.6. The van der Waals surface area contributed by atoms with Crippen molar-refractivity contribution in [2.24, 2.45) is 5.73 Å². The highest BCUT2D eigenvalue weighted by atomic mass is 16.5. The molecule has 1 aromatic heterocycles. The van der Waals surface area contributed by atoms with Crippen LogP contribution in [0, 0.1) is 0 Å².